The fraction of sp³-hybridized carbons (Fsp3) is 0.250. The molecule has 5 nitrogen and oxygen atoms in total. The van der Waals surface area contributed by atoms with E-state index >= 15 is 0 Å². The molecule has 1 heterocycles. The molecule has 0 aliphatic heterocycles. The molecule has 8 heteroatoms. The van der Waals surface area contributed by atoms with Crippen molar-refractivity contribution in [2.24, 2.45) is 0 Å². The summed E-state index contributed by atoms with van der Waals surface area (Å²) in [7, 11) is -4.17. The van der Waals surface area contributed by atoms with E-state index in [1.54, 1.807) is 6.92 Å². The first kappa shape index (κ1) is 12.3. The third kappa shape index (κ3) is 4.39. The number of hydrogen-bond donors (Lipinski definition) is 2. The SMILES string of the molecule is Cc1cnc(NS(=O)(=O)O)s1.[NaH]. The number of nitrogens with one attached hydrogen (secondary N) is 1. The molecule has 2 N–H and O–H groups in total. The Kier molecular flexibility index (Phi) is 4.67. The molecular formula is C4H7N2NaO3S2. The van der Waals surface area contributed by atoms with E-state index in [1.165, 1.54) is 6.20 Å². The molecule has 0 radical (unpaired) electrons. The van der Waals surface area contributed by atoms with Crippen LogP contribution in [-0.2, 0) is 10.3 Å². The Balaban J connectivity index is 0.00000121. The van der Waals surface area contributed by atoms with Crippen molar-refractivity contribution in [3.63, 3.8) is 0 Å². The molecule has 1 rings (SSSR count). The van der Waals surface area contributed by atoms with Gasteiger partial charge in [0, 0.05) is 11.1 Å². The maximum atomic E-state index is 10.2. The van der Waals surface area contributed by atoms with E-state index in [0.717, 1.165) is 16.2 Å². The number of rotatable bonds is 2. The van der Waals surface area contributed by atoms with Gasteiger partial charge in [-0.1, -0.05) is 0 Å². The molecule has 0 saturated heterocycles. The zero-order chi connectivity index (χ0) is 8.48. The van der Waals surface area contributed by atoms with E-state index < -0.39 is 10.3 Å². The molecule has 0 bridgehead atoms. The van der Waals surface area contributed by atoms with Gasteiger partial charge in [-0.2, -0.15) is 8.42 Å². The number of anilines is 1. The quantitative estimate of drug-likeness (QED) is 0.541. The minimum absolute atomic E-state index is 0. The molecule has 12 heavy (non-hydrogen) atoms. The normalized spacial score (nSPS) is 10.5. The summed E-state index contributed by atoms with van der Waals surface area (Å²) in [6.45, 7) is 1.78. The minimum atomic E-state index is -4.17. The molecule has 0 saturated carbocycles. The molecule has 0 aromatic carbocycles. The zero-order valence-electron chi connectivity index (χ0n) is 5.60. The summed E-state index contributed by atoms with van der Waals surface area (Å²) in [6.07, 6.45) is 1.51. The van der Waals surface area contributed by atoms with Crippen molar-refractivity contribution in [2.75, 3.05) is 4.72 Å². The summed E-state index contributed by atoms with van der Waals surface area (Å²) < 4.78 is 30.6. The van der Waals surface area contributed by atoms with E-state index in [-0.39, 0.29) is 34.7 Å². The van der Waals surface area contributed by atoms with E-state index in [0.29, 0.717) is 0 Å². The Morgan fingerprint density at radius 2 is 2.25 bits per heavy atom. The van der Waals surface area contributed by atoms with Gasteiger partial charge in [-0.25, -0.2) is 9.71 Å². The monoisotopic (exact) mass is 218 g/mol. The van der Waals surface area contributed by atoms with Crippen LogP contribution in [0.15, 0.2) is 6.20 Å². The van der Waals surface area contributed by atoms with Gasteiger partial charge in [0.2, 0.25) is 0 Å². The van der Waals surface area contributed by atoms with E-state index in [9.17, 15) is 8.42 Å². The first-order valence-corrected chi connectivity index (χ1v) is 4.91. The van der Waals surface area contributed by atoms with Crippen LogP contribution in [0.1, 0.15) is 4.88 Å². The number of hydrogen-bond acceptors (Lipinski definition) is 4. The van der Waals surface area contributed by atoms with Gasteiger partial charge >= 0.3 is 39.9 Å². The second-order valence-corrected chi connectivity index (χ2v) is 4.24. The van der Waals surface area contributed by atoms with Crippen LogP contribution in [0.5, 0.6) is 0 Å². The summed E-state index contributed by atoms with van der Waals surface area (Å²) in [6, 6.07) is 0. The van der Waals surface area contributed by atoms with Crippen LogP contribution in [-0.4, -0.2) is 47.5 Å². The third-order valence-corrected chi connectivity index (χ3v) is 2.25. The Labute approximate surface area is 96.4 Å². The number of thiazole rings is 1. The predicted octanol–water partition coefficient (Wildman–Crippen LogP) is 0.0177. The summed E-state index contributed by atoms with van der Waals surface area (Å²) in [5.41, 5.74) is 0. The topological polar surface area (TPSA) is 79.3 Å². The van der Waals surface area contributed by atoms with Gasteiger partial charge in [0.15, 0.2) is 5.13 Å². The molecule has 0 unspecified atom stereocenters. The van der Waals surface area contributed by atoms with Gasteiger partial charge in [0.05, 0.1) is 0 Å². The third-order valence-electron chi connectivity index (χ3n) is 0.838. The second-order valence-electron chi connectivity index (χ2n) is 1.85. The first-order chi connectivity index (χ1) is 4.97. The van der Waals surface area contributed by atoms with Crippen LogP contribution < -0.4 is 4.72 Å². The number of nitrogens with zero attached hydrogens (tertiary/aromatic N) is 1. The Morgan fingerprint density at radius 1 is 1.67 bits per heavy atom. The fourth-order valence-corrected chi connectivity index (χ4v) is 1.78. The first-order valence-electron chi connectivity index (χ1n) is 2.65. The van der Waals surface area contributed by atoms with Gasteiger partial charge in [0.1, 0.15) is 0 Å². The molecule has 1 aromatic heterocycles. The van der Waals surface area contributed by atoms with E-state index in [4.69, 9.17) is 4.55 Å². The molecule has 0 amide bonds. The summed E-state index contributed by atoms with van der Waals surface area (Å²) in [4.78, 5) is 4.54. The summed E-state index contributed by atoms with van der Waals surface area (Å²) in [5, 5.41) is 0.171. The van der Waals surface area contributed by atoms with Gasteiger partial charge in [-0.3, -0.25) is 4.55 Å². The van der Waals surface area contributed by atoms with Crippen LogP contribution >= 0.6 is 11.3 Å². The average Bonchev–Trinajstić information content (AvgIpc) is 2.10. The van der Waals surface area contributed by atoms with Crippen molar-refractivity contribution in [1.82, 2.24) is 4.98 Å². The Bertz CT molecular complexity index is 347. The van der Waals surface area contributed by atoms with Crippen LogP contribution in [0.25, 0.3) is 0 Å². The summed E-state index contributed by atoms with van der Waals surface area (Å²) >= 11 is 1.15. The van der Waals surface area contributed by atoms with Gasteiger partial charge in [-0.15, -0.1) is 11.3 Å². The molecule has 64 valence electrons. The zero-order valence-corrected chi connectivity index (χ0v) is 7.24. The van der Waals surface area contributed by atoms with Crippen LogP contribution in [0, 0.1) is 6.92 Å². The maximum absolute atomic E-state index is 10.2. The summed E-state index contributed by atoms with van der Waals surface area (Å²) in [5.74, 6) is 0. The molecule has 0 aliphatic carbocycles. The van der Waals surface area contributed by atoms with Gasteiger partial charge in [0.25, 0.3) is 0 Å². The van der Waals surface area contributed by atoms with Crippen molar-refractivity contribution in [1.29, 1.82) is 0 Å². The van der Waals surface area contributed by atoms with Gasteiger partial charge < -0.3 is 0 Å². The Hall–Kier alpha value is 0.340. The molecule has 0 fully saturated rings. The van der Waals surface area contributed by atoms with Crippen LogP contribution in [0.2, 0.25) is 0 Å². The van der Waals surface area contributed by atoms with Crippen molar-refractivity contribution < 1.29 is 13.0 Å². The van der Waals surface area contributed by atoms with Crippen LogP contribution in [0.4, 0.5) is 5.13 Å². The molecule has 0 aliphatic rings. The predicted molar refractivity (Wildman–Crippen MR) is 49.2 cm³/mol. The van der Waals surface area contributed by atoms with E-state index in [1.807, 2.05) is 4.72 Å². The standard InChI is InChI=1S/C4H6N2O3S2.Na.H/c1-3-2-5-4(10-3)6-11(7,8)9;;/h2H,1H3,(H,5,6)(H,7,8,9);;. The molecule has 1 aromatic rings. The Morgan fingerprint density at radius 3 is 2.58 bits per heavy atom. The average molecular weight is 218 g/mol. The number of aryl methyl sites for hydroxylation is 1. The number of aromatic nitrogens is 1. The van der Waals surface area contributed by atoms with Crippen molar-refractivity contribution in [3.05, 3.63) is 11.1 Å². The van der Waals surface area contributed by atoms with Crippen molar-refractivity contribution in [2.45, 2.75) is 6.92 Å². The molecular weight excluding hydrogens is 211 g/mol. The van der Waals surface area contributed by atoms with E-state index in [2.05, 4.69) is 4.98 Å². The van der Waals surface area contributed by atoms with Crippen LogP contribution in [0.3, 0.4) is 0 Å². The molecule has 0 spiro atoms. The van der Waals surface area contributed by atoms with Crippen molar-refractivity contribution in [3.8, 4) is 0 Å². The molecule has 0 atom stereocenters. The van der Waals surface area contributed by atoms with Gasteiger partial charge in [-0.05, 0) is 6.92 Å². The second kappa shape index (κ2) is 4.54. The van der Waals surface area contributed by atoms with Crippen molar-refractivity contribution >= 4 is 56.3 Å². The fourth-order valence-electron chi connectivity index (χ4n) is 0.512.